The van der Waals surface area contributed by atoms with Crippen LogP contribution in [-0.4, -0.2) is 31.6 Å². The lowest BCUT2D eigenvalue weighted by molar-refractivity contribution is 0.117. The summed E-state index contributed by atoms with van der Waals surface area (Å²) in [5.41, 5.74) is 1.43. The van der Waals surface area contributed by atoms with Crippen molar-refractivity contribution in [2.75, 3.05) is 26.7 Å². The Labute approximate surface area is 85.9 Å². The van der Waals surface area contributed by atoms with E-state index in [0.717, 1.165) is 6.54 Å². The third-order valence-corrected chi connectivity index (χ3v) is 2.91. The van der Waals surface area contributed by atoms with E-state index in [0.29, 0.717) is 6.04 Å². The first-order valence-electron chi connectivity index (χ1n) is 5.35. The molecule has 2 nitrogen and oxygen atoms in total. The lowest BCUT2D eigenvalue weighted by Crippen LogP contribution is -2.43. The SMILES string of the molecule is CNCC(c1ccccc1)N1CCC1. The molecule has 0 saturated carbocycles. The van der Waals surface area contributed by atoms with E-state index in [2.05, 4.69) is 40.5 Å². The van der Waals surface area contributed by atoms with Gasteiger partial charge in [0.05, 0.1) is 0 Å². The van der Waals surface area contributed by atoms with Crippen molar-refractivity contribution in [1.82, 2.24) is 10.2 Å². The Bertz CT molecular complexity index is 267. The monoisotopic (exact) mass is 190 g/mol. The number of likely N-dealkylation sites (tertiary alicyclic amines) is 1. The highest BCUT2D eigenvalue weighted by atomic mass is 15.2. The van der Waals surface area contributed by atoms with Gasteiger partial charge in [0.1, 0.15) is 0 Å². The average Bonchev–Trinajstić information content (AvgIpc) is 2.16. The molecule has 14 heavy (non-hydrogen) atoms. The Balaban J connectivity index is 2.09. The number of likely N-dealkylation sites (N-methyl/N-ethyl adjacent to an activating group) is 1. The molecule has 1 atom stereocenters. The molecule has 0 bridgehead atoms. The first kappa shape index (κ1) is 9.69. The Kier molecular flexibility index (Phi) is 3.17. The molecule has 1 unspecified atom stereocenters. The first-order valence-corrected chi connectivity index (χ1v) is 5.35. The minimum Gasteiger partial charge on any atom is -0.318 e. The number of nitrogens with one attached hydrogen (secondary N) is 1. The minimum atomic E-state index is 0.565. The van der Waals surface area contributed by atoms with Gasteiger partial charge in [0.25, 0.3) is 0 Å². The van der Waals surface area contributed by atoms with Crippen LogP contribution < -0.4 is 5.32 Å². The Morgan fingerprint density at radius 2 is 2.00 bits per heavy atom. The molecule has 1 N–H and O–H groups in total. The van der Waals surface area contributed by atoms with E-state index >= 15 is 0 Å². The lowest BCUT2D eigenvalue weighted by Gasteiger charge is -2.38. The number of rotatable bonds is 4. The molecule has 2 rings (SSSR count). The number of nitrogens with zero attached hydrogens (tertiary/aromatic N) is 1. The lowest BCUT2D eigenvalue weighted by atomic mass is 10.0. The number of hydrogen-bond acceptors (Lipinski definition) is 2. The summed E-state index contributed by atoms with van der Waals surface area (Å²) in [6.07, 6.45) is 1.35. The Morgan fingerprint density at radius 1 is 1.29 bits per heavy atom. The number of hydrogen-bond donors (Lipinski definition) is 1. The van der Waals surface area contributed by atoms with Gasteiger partial charge in [-0.05, 0) is 19.0 Å². The molecular formula is C12H18N2. The molecule has 1 heterocycles. The van der Waals surface area contributed by atoms with Gasteiger partial charge in [-0.2, -0.15) is 0 Å². The fourth-order valence-corrected chi connectivity index (χ4v) is 1.98. The molecule has 1 saturated heterocycles. The molecule has 0 aliphatic carbocycles. The van der Waals surface area contributed by atoms with E-state index in [4.69, 9.17) is 0 Å². The molecule has 76 valence electrons. The van der Waals surface area contributed by atoms with Gasteiger partial charge >= 0.3 is 0 Å². The maximum Gasteiger partial charge on any atom is 0.0472 e. The second-order valence-corrected chi connectivity index (χ2v) is 3.87. The van der Waals surface area contributed by atoms with E-state index in [1.807, 2.05) is 7.05 Å². The molecule has 0 aromatic heterocycles. The molecule has 1 aromatic rings. The number of benzene rings is 1. The van der Waals surface area contributed by atoms with Crippen LogP contribution in [0.2, 0.25) is 0 Å². The standard InChI is InChI=1S/C12H18N2/c1-13-10-12(14-8-5-9-14)11-6-3-2-4-7-11/h2-4,6-7,12-13H,5,8-10H2,1H3. The van der Waals surface area contributed by atoms with E-state index in [1.54, 1.807) is 0 Å². The Hall–Kier alpha value is -0.860. The van der Waals surface area contributed by atoms with Crippen LogP contribution in [0.1, 0.15) is 18.0 Å². The summed E-state index contributed by atoms with van der Waals surface area (Å²) in [6.45, 7) is 3.55. The smallest absolute Gasteiger partial charge is 0.0472 e. The summed E-state index contributed by atoms with van der Waals surface area (Å²) < 4.78 is 0. The maximum absolute atomic E-state index is 3.27. The van der Waals surface area contributed by atoms with Crippen LogP contribution in [0.5, 0.6) is 0 Å². The summed E-state index contributed by atoms with van der Waals surface area (Å²) in [4.78, 5) is 2.53. The molecule has 2 heteroatoms. The molecule has 0 amide bonds. The van der Waals surface area contributed by atoms with E-state index in [9.17, 15) is 0 Å². The molecular weight excluding hydrogens is 172 g/mol. The van der Waals surface area contributed by atoms with Gasteiger partial charge in [-0.3, -0.25) is 4.90 Å². The van der Waals surface area contributed by atoms with Crippen LogP contribution in [0.15, 0.2) is 30.3 Å². The van der Waals surface area contributed by atoms with Crippen molar-refractivity contribution < 1.29 is 0 Å². The van der Waals surface area contributed by atoms with Crippen molar-refractivity contribution in [2.45, 2.75) is 12.5 Å². The van der Waals surface area contributed by atoms with Crippen LogP contribution in [0, 0.1) is 0 Å². The molecule has 0 spiro atoms. The highest BCUT2D eigenvalue weighted by molar-refractivity contribution is 5.19. The second kappa shape index (κ2) is 4.58. The molecule has 1 aliphatic heterocycles. The van der Waals surface area contributed by atoms with Crippen LogP contribution in [-0.2, 0) is 0 Å². The van der Waals surface area contributed by atoms with Crippen molar-refractivity contribution >= 4 is 0 Å². The molecule has 0 radical (unpaired) electrons. The molecule has 1 aliphatic rings. The van der Waals surface area contributed by atoms with Crippen LogP contribution in [0.4, 0.5) is 0 Å². The van der Waals surface area contributed by atoms with Gasteiger partial charge in [-0.25, -0.2) is 0 Å². The van der Waals surface area contributed by atoms with E-state index in [-0.39, 0.29) is 0 Å². The highest BCUT2D eigenvalue weighted by Gasteiger charge is 2.24. The second-order valence-electron chi connectivity index (χ2n) is 3.87. The normalized spacial score (nSPS) is 18.9. The fourth-order valence-electron chi connectivity index (χ4n) is 1.98. The topological polar surface area (TPSA) is 15.3 Å². The van der Waals surface area contributed by atoms with Gasteiger partial charge in [0.15, 0.2) is 0 Å². The Morgan fingerprint density at radius 3 is 2.50 bits per heavy atom. The zero-order chi connectivity index (χ0) is 9.80. The van der Waals surface area contributed by atoms with Gasteiger partial charge < -0.3 is 5.32 Å². The van der Waals surface area contributed by atoms with Crippen molar-refractivity contribution in [1.29, 1.82) is 0 Å². The van der Waals surface area contributed by atoms with Crippen molar-refractivity contribution in [3.05, 3.63) is 35.9 Å². The maximum atomic E-state index is 3.27. The van der Waals surface area contributed by atoms with E-state index in [1.165, 1.54) is 25.1 Å². The summed E-state index contributed by atoms with van der Waals surface area (Å²) in [6, 6.07) is 11.3. The van der Waals surface area contributed by atoms with Crippen LogP contribution >= 0.6 is 0 Å². The molecule has 1 aromatic carbocycles. The largest absolute Gasteiger partial charge is 0.318 e. The van der Waals surface area contributed by atoms with Crippen LogP contribution in [0.3, 0.4) is 0 Å². The third-order valence-electron chi connectivity index (χ3n) is 2.91. The summed E-state index contributed by atoms with van der Waals surface area (Å²) >= 11 is 0. The fraction of sp³-hybridized carbons (Fsp3) is 0.500. The zero-order valence-corrected chi connectivity index (χ0v) is 8.74. The summed E-state index contributed by atoms with van der Waals surface area (Å²) in [7, 11) is 2.02. The zero-order valence-electron chi connectivity index (χ0n) is 8.74. The van der Waals surface area contributed by atoms with Gasteiger partial charge in [-0.15, -0.1) is 0 Å². The third kappa shape index (κ3) is 1.97. The van der Waals surface area contributed by atoms with Crippen molar-refractivity contribution in [2.24, 2.45) is 0 Å². The minimum absolute atomic E-state index is 0.565. The highest BCUT2D eigenvalue weighted by Crippen LogP contribution is 2.24. The van der Waals surface area contributed by atoms with Crippen LogP contribution in [0.25, 0.3) is 0 Å². The van der Waals surface area contributed by atoms with Crippen molar-refractivity contribution in [3.8, 4) is 0 Å². The molecule has 1 fully saturated rings. The van der Waals surface area contributed by atoms with Gasteiger partial charge in [0, 0.05) is 25.7 Å². The summed E-state index contributed by atoms with van der Waals surface area (Å²) in [5.74, 6) is 0. The van der Waals surface area contributed by atoms with Gasteiger partial charge in [0.2, 0.25) is 0 Å². The summed E-state index contributed by atoms with van der Waals surface area (Å²) in [5, 5.41) is 3.27. The first-order chi connectivity index (χ1) is 6.92. The van der Waals surface area contributed by atoms with E-state index < -0.39 is 0 Å². The quantitative estimate of drug-likeness (QED) is 0.776. The average molecular weight is 190 g/mol. The predicted octanol–water partition coefficient (Wildman–Crippen LogP) is 1.65. The predicted molar refractivity (Wildman–Crippen MR) is 59.3 cm³/mol. The van der Waals surface area contributed by atoms with Crippen molar-refractivity contribution in [3.63, 3.8) is 0 Å². The van der Waals surface area contributed by atoms with Gasteiger partial charge in [-0.1, -0.05) is 30.3 Å².